The van der Waals surface area contributed by atoms with Gasteiger partial charge in [0, 0.05) is 6.04 Å². The van der Waals surface area contributed by atoms with Gasteiger partial charge in [-0.15, -0.1) is 0 Å². The third-order valence-corrected chi connectivity index (χ3v) is 3.07. The van der Waals surface area contributed by atoms with E-state index in [-0.39, 0.29) is 24.6 Å². The monoisotopic (exact) mass is 265 g/mol. The van der Waals surface area contributed by atoms with Gasteiger partial charge in [0.25, 0.3) is 0 Å². The second kappa shape index (κ2) is 5.77. The molecule has 2 heterocycles. The molecule has 104 valence electrons. The van der Waals surface area contributed by atoms with Gasteiger partial charge in [0.05, 0.1) is 12.5 Å². The lowest BCUT2D eigenvalue weighted by atomic mass is 10.1. The first-order valence-electron chi connectivity index (χ1n) is 6.46. The molecule has 3 N–H and O–H groups in total. The minimum absolute atomic E-state index is 0.00258. The Bertz CT molecular complexity index is 434. The normalized spacial score (nSPS) is 25.3. The van der Waals surface area contributed by atoms with Crippen molar-refractivity contribution in [3.63, 3.8) is 0 Å². The smallest absolute Gasteiger partial charge is 0.412 e. The second-order valence-corrected chi connectivity index (χ2v) is 4.82. The van der Waals surface area contributed by atoms with Crippen LogP contribution in [0, 0.1) is 0 Å². The highest BCUT2D eigenvalue weighted by Crippen LogP contribution is 2.10. The van der Waals surface area contributed by atoms with Gasteiger partial charge in [-0.3, -0.25) is 10.1 Å². The summed E-state index contributed by atoms with van der Waals surface area (Å²) in [6.07, 6.45) is 4.83. The number of nitrogens with one attached hydrogen (secondary N) is 3. The van der Waals surface area contributed by atoms with E-state index in [2.05, 4.69) is 29.0 Å². The summed E-state index contributed by atoms with van der Waals surface area (Å²) in [6, 6.07) is 0.183. The number of alkyl carbamates (subject to hydrolysis) is 1. The summed E-state index contributed by atoms with van der Waals surface area (Å²) < 4.78 is 5.04. The van der Waals surface area contributed by atoms with E-state index in [0.717, 1.165) is 12.0 Å². The van der Waals surface area contributed by atoms with Crippen LogP contribution in [0.15, 0.2) is 23.5 Å². The predicted molar refractivity (Wildman–Crippen MR) is 70.1 cm³/mol. The van der Waals surface area contributed by atoms with Crippen LogP contribution in [0.25, 0.3) is 0 Å². The van der Waals surface area contributed by atoms with Gasteiger partial charge in [-0.25, -0.2) is 4.79 Å². The van der Waals surface area contributed by atoms with Crippen LogP contribution in [-0.4, -0.2) is 30.7 Å². The maximum Gasteiger partial charge on any atom is 0.412 e. The molecular formula is C13H19N3O3. The molecule has 0 saturated carbocycles. The number of dihydropyridines is 1. The first-order valence-corrected chi connectivity index (χ1v) is 6.46. The largest absolute Gasteiger partial charge is 0.447 e. The van der Waals surface area contributed by atoms with Crippen LogP contribution in [0.3, 0.4) is 0 Å². The lowest BCUT2D eigenvalue weighted by Gasteiger charge is -2.27. The van der Waals surface area contributed by atoms with Gasteiger partial charge in [0.1, 0.15) is 12.4 Å². The summed E-state index contributed by atoms with van der Waals surface area (Å²) in [6.45, 7) is 4.26. The zero-order valence-corrected chi connectivity index (χ0v) is 11.2. The molecule has 6 heteroatoms. The first kappa shape index (κ1) is 13.5. The summed E-state index contributed by atoms with van der Waals surface area (Å²) in [5, 5.41) is 8.50. The number of ether oxygens (including phenoxy) is 1. The average molecular weight is 265 g/mol. The molecule has 0 aliphatic carbocycles. The molecule has 2 aliphatic rings. The first-order chi connectivity index (χ1) is 9.06. The van der Waals surface area contributed by atoms with Crippen molar-refractivity contribution in [2.24, 2.45) is 0 Å². The van der Waals surface area contributed by atoms with Crippen LogP contribution in [0.4, 0.5) is 4.79 Å². The minimum Gasteiger partial charge on any atom is -0.447 e. The molecular weight excluding hydrogens is 246 g/mol. The molecule has 2 amide bonds. The number of carbonyl (C=O) groups excluding carboxylic acids is 2. The third kappa shape index (κ3) is 3.74. The molecule has 2 aliphatic heterocycles. The average Bonchev–Trinajstić information content (AvgIpc) is 2.32. The lowest BCUT2D eigenvalue weighted by Crippen LogP contribution is -2.51. The molecule has 0 aromatic heterocycles. The van der Waals surface area contributed by atoms with Crippen molar-refractivity contribution in [1.29, 1.82) is 0 Å². The number of β-lactam (4-membered cyclic amide) rings is 1. The summed E-state index contributed by atoms with van der Waals surface area (Å²) >= 11 is 0. The highest BCUT2D eigenvalue weighted by Gasteiger charge is 2.26. The van der Waals surface area contributed by atoms with E-state index in [1.165, 1.54) is 0 Å². The zero-order valence-electron chi connectivity index (χ0n) is 11.2. The van der Waals surface area contributed by atoms with Crippen molar-refractivity contribution in [3.05, 3.63) is 23.5 Å². The Morgan fingerprint density at radius 1 is 1.53 bits per heavy atom. The van der Waals surface area contributed by atoms with Crippen molar-refractivity contribution in [1.82, 2.24) is 16.0 Å². The third-order valence-electron chi connectivity index (χ3n) is 3.07. The van der Waals surface area contributed by atoms with Crippen molar-refractivity contribution < 1.29 is 14.3 Å². The maximum atomic E-state index is 11.6. The summed E-state index contributed by atoms with van der Waals surface area (Å²) in [5.74, 6) is 0.645. The molecule has 19 heavy (non-hydrogen) atoms. The van der Waals surface area contributed by atoms with E-state index in [4.69, 9.17) is 4.74 Å². The topological polar surface area (TPSA) is 79.5 Å². The Labute approximate surface area is 112 Å². The Balaban J connectivity index is 1.75. The highest BCUT2D eigenvalue weighted by molar-refractivity contribution is 5.83. The fourth-order valence-electron chi connectivity index (χ4n) is 2.02. The Hall–Kier alpha value is -1.98. The number of hydrogen-bond donors (Lipinski definition) is 3. The van der Waals surface area contributed by atoms with Crippen molar-refractivity contribution in [2.75, 3.05) is 6.61 Å². The van der Waals surface area contributed by atoms with Gasteiger partial charge in [0.2, 0.25) is 5.91 Å². The van der Waals surface area contributed by atoms with Gasteiger partial charge in [-0.2, -0.15) is 0 Å². The number of hydrogen-bond acceptors (Lipinski definition) is 4. The van der Waals surface area contributed by atoms with Crippen LogP contribution in [0.2, 0.25) is 0 Å². The minimum atomic E-state index is -0.510. The fourth-order valence-corrected chi connectivity index (χ4v) is 2.02. The van der Waals surface area contributed by atoms with Gasteiger partial charge in [-0.05, 0) is 25.0 Å². The van der Waals surface area contributed by atoms with Gasteiger partial charge in [-0.1, -0.05) is 13.0 Å². The van der Waals surface area contributed by atoms with Crippen molar-refractivity contribution in [2.45, 2.75) is 38.8 Å². The number of rotatable bonds is 4. The molecule has 0 bridgehead atoms. The van der Waals surface area contributed by atoms with Gasteiger partial charge in [0.15, 0.2) is 0 Å². The predicted octanol–water partition coefficient (Wildman–Crippen LogP) is 0.771. The van der Waals surface area contributed by atoms with Crippen LogP contribution in [0.5, 0.6) is 0 Å². The Kier molecular flexibility index (Phi) is 4.09. The molecule has 0 radical (unpaired) electrons. The molecule has 2 atom stereocenters. The molecule has 2 rings (SSSR count). The Morgan fingerprint density at radius 2 is 2.26 bits per heavy atom. The molecule has 0 spiro atoms. The Morgan fingerprint density at radius 3 is 2.89 bits per heavy atom. The van der Waals surface area contributed by atoms with Crippen LogP contribution >= 0.6 is 0 Å². The van der Waals surface area contributed by atoms with E-state index in [1.54, 1.807) is 0 Å². The van der Waals surface area contributed by atoms with E-state index in [9.17, 15) is 9.59 Å². The molecule has 1 unspecified atom stereocenters. The molecule has 1 saturated heterocycles. The quantitative estimate of drug-likeness (QED) is 0.656. The summed E-state index contributed by atoms with van der Waals surface area (Å²) in [5.41, 5.74) is 1.10. The number of allylic oxidation sites excluding steroid dienone is 2. The number of amides is 2. The van der Waals surface area contributed by atoms with Gasteiger partial charge >= 0.3 is 6.09 Å². The number of carbonyl (C=O) groups is 2. The highest BCUT2D eigenvalue weighted by atomic mass is 16.5. The van der Waals surface area contributed by atoms with Crippen molar-refractivity contribution >= 4 is 12.0 Å². The second-order valence-electron chi connectivity index (χ2n) is 4.82. The van der Waals surface area contributed by atoms with E-state index in [0.29, 0.717) is 12.2 Å². The SMILES string of the molecule is CCC1C=C(C)C=C(NC(=O)OC[C@H]2CC(=O)N2)N1. The molecule has 6 nitrogen and oxygen atoms in total. The van der Waals surface area contributed by atoms with Crippen molar-refractivity contribution in [3.8, 4) is 0 Å². The maximum absolute atomic E-state index is 11.6. The standard InChI is InChI=1S/C13H19N3O3/c1-3-9-4-8(2)5-11(14-9)16-13(18)19-7-10-6-12(17)15-10/h4-5,9-10,14H,3,6-7H2,1-2H3,(H,15,17)(H,16,18)/t9?,10-/m1/s1. The van der Waals surface area contributed by atoms with Crippen LogP contribution in [0.1, 0.15) is 26.7 Å². The molecule has 0 aromatic carbocycles. The van der Waals surface area contributed by atoms with E-state index in [1.807, 2.05) is 13.0 Å². The molecule has 1 fully saturated rings. The van der Waals surface area contributed by atoms with E-state index < -0.39 is 6.09 Å². The summed E-state index contributed by atoms with van der Waals surface area (Å²) in [7, 11) is 0. The lowest BCUT2D eigenvalue weighted by molar-refractivity contribution is -0.129. The molecule has 0 aromatic rings. The van der Waals surface area contributed by atoms with Crippen LogP contribution in [-0.2, 0) is 9.53 Å². The zero-order chi connectivity index (χ0) is 13.8. The van der Waals surface area contributed by atoms with Crippen LogP contribution < -0.4 is 16.0 Å². The van der Waals surface area contributed by atoms with E-state index >= 15 is 0 Å². The summed E-state index contributed by atoms with van der Waals surface area (Å²) in [4.78, 5) is 22.3. The fraction of sp³-hybridized carbons (Fsp3) is 0.538. The van der Waals surface area contributed by atoms with Gasteiger partial charge < -0.3 is 15.4 Å².